The number of nitrogens with one attached hydrogen (secondary N) is 2. The molecular formula is C26H38N2O4S. The first-order valence-electron chi connectivity index (χ1n) is 11.3. The van der Waals surface area contributed by atoms with Gasteiger partial charge in [0, 0.05) is 11.7 Å². The molecule has 1 amide bonds. The second-order valence-electron chi connectivity index (χ2n) is 10.5. The van der Waals surface area contributed by atoms with Gasteiger partial charge in [-0.15, -0.1) is 0 Å². The van der Waals surface area contributed by atoms with Crippen molar-refractivity contribution in [1.29, 1.82) is 0 Å². The first-order chi connectivity index (χ1) is 15.1. The summed E-state index contributed by atoms with van der Waals surface area (Å²) in [5.74, 6) is 0.367. The van der Waals surface area contributed by atoms with Gasteiger partial charge in [-0.05, 0) is 65.6 Å². The number of carbonyl (C=O) groups excluding carboxylic acids is 1. The van der Waals surface area contributed by atoms with E-state index < -0.39 is 10.0 Å². The molecule has 0 aliphatic carbocycles. The van der Waals surface area contributed by atoms with Crippen molar-refractivity contribution in [2.45, 2.75) is 83.6 Å². The lowest BCUT2D eigenvalue weighted by Gasteiger charge is -2.27. The standard InChI is InChI=1S/C26H38N2O4S/c1-9-18(2)28-33(30,31)21-13-11-20(12-14-21)27-24(29)17-32-23-15-10-19(25(3,4)5)16-22(23)26(6,7)8/h10-16,18,28H,9,17H2,1-8H3,(H,27,29). The third kappa shape index (κ3) is 7.57. The Labute approximate surface area is 199 Å². The molecule has 0 heterocycles. The molecule has 0 aliphatic rings. The zero-order valence-electron chi connectivity index (χ0n) is 21.1. The van der Waals surface area contributed by atoms with Crippen LogP contribution in [0.5, 0.6) is 5.75 Å². The van der Waals surface area contributed by atoms with Gasteiger partial charge in [0.2, 0.25) is 10.0 Å². The van der Waals surface area contributed by atoms with Gasteiger partial charge in [0.05, 0.1) is 4.90 Å². The van der Waals surface area contributed by atoms with E-state index in [2.05, 4.69) is 57.6 Å². The molecule has 33 heavy (non-hydrogen) atoms. The van der Waals surface area contributed by atoms with Gasteiger partial charge >= 0.3 is 0 Å². The number of hydrogen-bond donors (Lipinski definition) is 2. The number of ether oxygens (including phenoxy) is 1. The number of sulfonamides is 1. The first kappa shape index (κ1) is 26.9. The Morgan fingerprint density at radius 2 is 1.58 bits per heavy atom. The molecule has 2 rings (SSSR count). The Balaban J connectivity index is 2.07. The summed E-state index contributed by atoms with van der Waals surface area (Å²) in [6.07, 6.45) is 0.698. The van der Waals surface area contributed by atoms with Gasteiger partial charge in [-0.25, -0.2) is 13.1 Å². The lowest BCUT2D eigenvalue weighted by molar-refractivity contribution is -0.118. The fraction of sp³-hybridized carbons (Fsp3) is 0.500. The Bertz CT molecular complexity index is 1060. The molecule has 2 aromatic rings. The molecule has 0 saturated carbocycles. The Morgan fingerprint density at radius 1 is 0.970 bits per heavy atom. The first-order valence-corrected chi connectivity index (χ1v) is 12.8. The minimum atomic E-state index is -3.58. The fourth-order valence-corrected chi connectivity index (χ4v) is 4.51. The highest BCUT2D eigenvalue weighted by atomic mass is 32.2. The summed E-state index contributed by atoms with van der Waals surface area (Å²) in [5, 5.41) is 2.76. The minimum Gasteiger partial charge on any atom is -0.483 e. The van der Waals surface area contributed by atoms with Crippen molar-refractivity contribution in [3.63, 3.8) is 0 Å². The lowest BCUT2D eigenvalue weighted by atomic mass is 9.80. The van der Waals surface area contributed by atoms with Gasteiger partial charge in [0.15, 0.2) is 6.61 Å². The van der Waals surface area contributed by atoms with E-state index in [0.29, 0.717) is 17.9 Å². The number of benzene rings is 2. The number of carbonyl (C=O) groups is 1. The summed E-state index contributed by atoms with van der Waals surface area (Å²) in [6, 6.07) is 12.1. The third-order valence-corrected chi connectivity index (χ3v) is 7.03. The van der Waals surface area contributed by atoms with Crippen molar-refractivity contribution in [2.24, 2.45) is 0 Å². The Hall–Kier alpha value is -2.38. The van der Waals surface area contributed by atoms with Gasteiger partial charge in [0.25, 0.3) is 5.91 Å². The maximum absolute atomic E-state index is 12.5. The molecule has 7 heteroatoms. The van der Waals surface area contributed by atoms with Crippen LogP contribution in [-0.4, -0.2) is 27.0 Å². The second kappa shape index (κ2) is 10.3. The van der Waals surface area contributed by atoms with Crippen LogP contribution < -0.4 is 14.8 Å². The van der Waals surface area contributed by atoms with Crippen LogP contribution in [0.3, 0.4) is 0 Å². The third-order valence-electron chi connectivity index (χ3n) is 5.43. The van der Waals surface area contributed by atoms with E-state index in [-0.39, 0.29) is 34.3 Å². The van der Waals surface area contributed by atoms with E-state index in [1.165, 1.54) is 17.7 Å². The van der Waals surface area contributed by atoms with Crippen LogP contribution in [0.4, 0.5) is 5.69 Å². The van der Waals surface area contributed by atoms with Crippen LogP contribution >= 0.6 is 0 Å². The van der Waals surface area contributed by atoms with Crippen LogP contribution in [0.15, 0.2) is 47.4 Å². The molecule has 2 N–H and O–H groups in total. The molecule has 0 saturated heterocycles. The Kier molecular flexibility index (Phi) is 8.36. The van der Waals surface area contributed by atoms with E-state index in [1.54, 1.807) is 12.1 Å². The number of amides is 1. The molecule has 2 aromatic carbocycles. The van der Waals surface area contributed by atoms with Gasteiger partial charge in [-0.1, -0.05) is 60.6 Å². The molecule has 0 aliphatic heterocycles. The van der Waals surface area contributed by atoms with Gasteiger partial charge in [0.1, 0.15) is 5.75 Å². The molecule has 1 atom stereocenters. The van der Waals surface area contributed by atoms with Crippen LogP contribution in [0.25, 0.3) is 0 Å². The molecule has 0 aromatic heterocycles. The summed E-state index contributed by atoms with van der Waals surface area (Å²) < 4.78 is 33.2. The average molecular weight is 475 g/mol. The SMILES string of the molecule is CCC(C)NS(=O)(=O)c1ccc(NC(=O)COc2ccc(C(C)(C)C)cc2C(C)(C)C)cc1. The number of anilines is 1. The quantitative estimate of drug-likeness (QED) is 0.538. The molecule has 182 valence electrons. The number of rotatable bonds is 8. The predicted octanol–water partition coefficient (Wildman–Crippen LogP) is 5.38. The van der Waals surface area contributed by atoms with Crippen LogP contribution in [0.2, 0.25) is 0 Å². The summed E-state index contributed by atoms with van der Waals surface area (Å²) in [6.45, 7) is 16.4. The molecule has 0 spiro atoms. The Morgan fingerprint density at radius 3 is 2.09 bits per heavy atom. The maximum Gasteiger partial charge on any atom is 0.262 e. The predicted molar refractivity (Wildman–Crippen MR) is 134 cm³/mol. The smallest absolute Gasteiger partial charge is 0.262 e. The summed E-state index contributed by atoms with van der Waals surface area (Å²) >= 11 is 0. The highest BCUT2D eigenvalue weighted by molar-refractivity contribution is 7.89. The van der Waals surface area contributed by atoms with E-state index in [1.807, 2.05) is 26.0 Å². The molecule has 0 radical (unpaired) electrons. The monoisotopic (exact) mass is 474 g/mol. The van der Waals surface area contributed by atoms with Crippen LogP contribution in [0, 0.1) is 0 Å². The summed E-state index contributed by atoms with van der Waals surface area (Å²) in [7, 11) is -3.58. The van der Waals surface area contributed by atoms with Crippen molar-refractivity contribution in [2.75, 3.05) is 11.9 Å². The van der Waals surface area contributed by atoms with Gasteiger partial charge < -0.3 is 10.1 Å². The molecule has 6 nitrogen and oxygen atoms in total. The van der Waals surface area contributed by atoms with E-state index in [0.717, 1.165) is 5.56 Å². The van der Waals surface area contributed by atoms with Crippen molar-refractivity contribution in [3.05, 3.63) is 53.6 Å². The maximum atomic E-state index is 12.5. The molecule has 1 unspecified atom stereocenters. The zero-order valence-corrected chi connectivity index (χ0v) is 21.9. The molecule has 0 bridgehead atoms. The van der Waals surface area contributed by atoms with E-state index >= 15 is 0 Å². The minimum absolute atomic E-state index is 0.0135. The molecular weight excluding hydrogens is 436 g/mol. The zero-order chi connectivity index (χ0) is 25.0. The van der Waals surface area contributed by atoms with E-state index in [9.17, 15) is 13.2 Å². The summed E-state index contributed by atoms with van der Waals surface area (Å²) in [4.78, 5) is 12.6. The second-order valence-corrected chi connectivity index (χ2v) is 12.2. The lowest BCUT2D eigenvalue weighted by Crippen LogP contribution is -2.32. The van der Waals surface area contributed by atoms with Crippen molar-refractivity contribution < 1.29 is 17.9 Å². The average Bonchev–Trinajstić information content (AvgIpc) is 2.70. The largest absolute Gasteiger partial charge is 0.483 e. The van der Waals surface area contributed by atoms with Gasteiger partial charge in [-0.2, -0.15) is 0 Å². The van der Waals surface area contributed by atoms with E-state index in [4.69, 9.17) is 4.74 Å². The number of hydrogen-bond acceptors (Lipinski definition) is 4. The summed E-state index contributed by atoms with van der Waals surface area (Å²) in [5.41, 5.74) is 2.63. The topological polar surface area (TPSA) is 84.5 Å². The van der Waals surface area contributed by atoms with Crippen LogP contribution in [0.1, 0.15) is 72.9 Å². The van der Waals surface area contributed by atoms with Crippen molar-refractivity contribution >= 4 is 21.6 Å². The highest BCUT2D eigenvalue weighted by Crippen LogP contribution is 2.35. The van der Waals surface area contributed by atoms with Gasteiger partial charge in [-0.3, -0.25) is 4.79 Å². The van der Waals surface area contributed by atoms with Crippen molar-refractivity contribution in [3.8, 4) is 5.75 Å². The highest BCUT2D eigenvalue weighted by Gasteiger charge is 2.23. The van der Waals surface area contributed by atoms with Crippen LogP contribution in [-0.2, 0) is 25.6 Å². The normalized spacial score (nSPS) is 13.5. The fourth-order valence-electron chi connectivity index (χ4n) is 3.18. The molecule has 0 fully saturated rings. The van der Waals surface area contributed by atoms with Crippen molar-refractivity contribution in [1.82, 2.24) is 4.72 Å².